The number of amides is 2. The lowest BCUT2D eigenvalue weighted by Crippen LogP contribution is -2.48. The summed E-state index contributed by atoms with van der Waals surface area (Å²) in [5.74, 6) is -0.0931. The molecule has 1 aliphatic rings. The van der Waals surface area contributed by atoms with Crippen LogP contribution in [0.1, 0.15) is 38.9 Å². The average molecular weight is 294 g/mol. The first-order valence-corrected chi connectivity index (χ1v) is 7.29. The summed E-state index contributed by atoms with van der Waals surface area (Å²) in [6.07, 6.45) is 3.89. The molecular formula is C15H22N2O4. The fraction of sp³-hybridized carbons (Fsp3) is 0.600. The first kappa shape index (κ1) is 15.4. The van der Waals surface area contributed by atoms with Gasteiger partial charge in [0.1, 0.15) is 11.8 Å². The molecule has 0 saturated heterocycles. The van der Waals surface area contributed by atoms with Gasteiger partial charge in [0.25, 0.3) is 0 Å². The minimum atomic E-state index is -0.995. The maximum Gasteiger partial charge on any atom is 0.326 e. The van der Waals surface area contributed by atoms with Crippen LogP contribution in [0, 0.1) is 5.92 Å². The third kappa shape index (κ3) is 4.51. The Morgan fingerprint density at radius 1 is 1.48 bits per heavy atom. The summed E-state index contributed by atoms with van der Waals surface area (Å²) in [4.78, 5) is 25.3. The molecule has 0 aliphatic heterocycles. The SMILES string of the molecule is CC(C)C[C@H](NC(=O)N(Cc1ccco1)C1CC1)C(=O)O. The highest BCUT2D eigenvalue weighted by Crippen LogP contribution is 2.28. The van der Waals surface area contributed by atoms with E-state index in [1.54, 1.807) is 17.2 Å². The van der Waals surface area contributed by atoms with Gasteiger partial charge in [-0.05, 0) is 37.3 Å². The van der Waals surface area contributed by atoms with E-state index < -0.39 is 12.0 Å². The van der Waals surface area contributed by atoms with Crippen molar-refractivity contribution in [2.45, 2.75) is 51.7 Å². The quantitative estimate of drug-likeness (QED) is 0.809. The van der Waals surface area contributed by atoms with Crippen LogP contribution in [0.5, 0.6) is 0 Å². The van der Waals surface area contributed by atoms with Crippen molar-refractivity contribution in [3.05, 3.63) is 24.2 Å². The van der Waals surface area contributed by atoms with Crippen molar-refractivity contribution in [1.82, 2.24) is 10.2 Å². The fourth-order valence-electron chi connectivity index (χ4n) is 2.25. The van der Waals surface area contributed by atoms with Crippen LogP contribution in [-0.4, -0.2) is 34.1 Å². The molecule has 1 aromatic rings. The Morgan fingerprint density at radius 2 is 2.19 bits per heavy atom. The number of carboxylic acids is 1. The Hall–Kier alpha value is -1.98. The average Bonchev–Trinajstić information content (AvgIpc) is 3.11. The highest BCUT2D eigenvalue weighted by molar-refractivity contribution is 5.82. The zero-order chi connectivity index (χ0) is 15.4. The maximum absolute atomic E-state index is 12.4. The minimum absolute atomic E-state index is 0.184. The Bertz CT molecular complexity index is 480. The summed E-state index contributed by atoms with van der Waals surface area (Å²) in [5.41, 5.74) is 0. The number of nitrogens with zero attached hydrogens (tertiary/aromatic N) is 1. The molecule has 0 spiro atoms. The third-order valence-electron chi connectivity index (χ3n) is 3.46. The van der Waals surface area contributed by atoms with Gasteiger partial charge >= 0.3 is 12.0 Å². The van der Waals surface area contributed by atoms with Crippen LogP contribution in [0.25, 0.3) is 0 Å². The molecule has 1 saturated carbocycles. The Morgan fingerprint density at radius 3 is 2.67 bits per heavy atom. The lowest BCUT2D eigenvalue weighted by Gasteiger charge is -2.25. The summed E-state index contributed by atoms with van der Waals surface area (Å²) in [6, 6.07) is 2.59. The van der Waals surface area contributed by atoms with E-state index in [9.17, 15) is 14.7 Å². The molecule has 21 heavy (non-hydrogen) atoms. The second kappa shape index (κ2) is 6.65. The third-order valence-corrected chi connectivity index (χ3v) is 3.46. The molecule has 2 N–H and O–H groups in total. The van der Waals surface area contributed by atoms with E-state index in [-0.39, 0.29) is 18.0 Å². The van der Waals surface area contributed by atoms with Crippen LogP contribution in [0.2, 0.25) is 0 Å². The van der Waals surface area contributed by atoms with E-state index in [4.69, 9.17) is 4.42 Å². The lowest BCUT2D eigenvalue weighted by atomic mass is 10.0. The van der Waals surface area contributed by atoms with E-state index in [0.717, 1.165) is 12.8 Å². The normalized spacial score (nSPS) is 15.8. The van der Waals surface area contributed by atoms with E-state index in [2.05, 4.69) is 5.32 Å². The molecule has 0 radical (unpaired) electrons. The molecule has 6 nitrogen and oxygen atoms in total. The van der Waals surface area contributed by atoms with Crippen molar-refractivity contribution < 1.29 is 19.1 Å². The minimum Gasteiger partial charge on any atom is -0.480 e. The van der Waals surface area contributed by atoms with Gasteiger partial charge in [0, 0.05) is 6.04 Å². The second-order valence-electron chi connectivity index (χ2n) is 5.91. The van der Waals surface area contributed by atoms with Gasteiger partial charge in [-0.15, -0.1) is 0 Å². The van der Waals surface area contributed by atoms with E-state index in [0.29, 0.717) is 18.7 Å². The molecule has 0 aromatic carbocycles. The van der Waals surface area contributed by atoms with Crippen molar-refractivity contribution in [2.24, 2.45) is 5.92 Å². The summed E-state index contributed by atoms with van der Waals surface area (Å²) in [5, 5.41) is 11.8. The van der Waals surface area contributed by atoms with Crippen molar-refractivity contribution >= 4 is 12.0 Å². The molecule has 1 fully saturated rings. The number of hydrogen-bond donors (Lipinski definition) is 2. The number of nitrogens with one attached hydrogen (secondary N) is 1. The van der Waals surface area contributed by atoms with Gasteiger partial charge in [0.2, 0.25) is 0 Å². The number of furan rings is 1. The molecule has 1 aliphatic carbocycles. The monoisotopic (exact) mass is 294 g/mol. The highest BCUT2D eigenvalue weighted by atomic mass is 16.4. The summed E-state index contributed by atoms with van der Waals surface area (Å²) in [6.45, 7) is 4.24. The number of carbonyl (C=O) groups excluding carboxylic acids is 1. The molecule has 0 unspecified atom stereocenters. The number of urea groups is 1. The zero-order valence-electron chi connectivity index (χ0n) is 12.4. The molecule has 1 atom stereocenters. The summed E-state index contributed by atoms with van der Waals surface area (Å²) in [7, 11) is 0. The van der Waals surface area contributed by atoms with E-state index in [1.807, 2.05) is 19.9 Å². The van der Waals surface area contributed by atoms with Gasteiger partial charge in [-0.25, -0.2) is 9.59 Å². The Kier molecular flexibility index (Phi) is 4.88. The smallest absolute Gasteiger partial charge is 0.326 e. The van der Waals surface area contributed by atoms with Crippen LogP contribution in [0.3, 0.4) is 0 Å². The molecule has 6 heteroatoms. The first-order valence-electron chi connectivity index (χ1n) is 7.29. The van der Waals surface area contributed by atoms with E-state index in [1.165, 1.54) is 0 Å². The summed E-state index contributed by atoms with van der Waals surface area (Å²) < 4.78 is 5.27. The van der Waals surface area contributed by atoms with Gasteiger partial charge in [-0.3, -0.25) is 0 Å². The molecule has 1 heterocycles. The maximum atomic E-state index is 12.4. The van der Waals surface area contributed by atoms with Crippen LogP contribution in [0.15, 0.2) is 22.8 Å². The Labute approximate surface area is 124 Å². The van der Waals surface area contributed by atoms with Crippen molar-refractivity contribution in [3.63, 3.8) is 0 Å². The van der Waals surface area contributed by atoms with Crippen molar-refractivity contribution in [2.75, 3.05) is 0 Å². The van der Waals surface area contributed by atoms with Crippen LogP contribution in [0.4, 0.5) is 4.79 Å². The Balaban J connectivity index is 1.99. The number of rotatable bonds is 7. The molecule has 0 bridgehead atoms. The molecule has 2 rings (SSSR count). The summed E-state index contributed by atoms with van der Waals surface area (Å²) >= 11 is 0. The van der Waals surface area contributed by atoms with Gasteiger partial charge in [0.15, 0.2) is 0 Å². The second-order valence-corrected chi connectivity index (χ2v) is 5.91. The molecule has 1 aromatic heterocycles. The van der Waals surface area contributed by atoms with Gasteiger partial charge in [-0.1, -0.05) is 13.8 Å². The largest absolute Gasteiger partial charge is 0.480 e. The van der Waals surface area contributed by atoms with Crippen molar-refractivity contribution in [1.29, 1.82) is 0 Å². The van der Waals surface area contributed by atoms with Crippen LogP contribution in [-0.2, 0) is 11.3 Å². The standard InChI is InChI=1S/C15H22N2O4/c1-10(2)8-13(14(18)19)16-15(20)17(11-5-6-11)9-12-4-3-7-21-12/h3-4,7,10-11,13H,5-6,8-9H2,1-2H3,(H,16,20)(H,18,19)/t13-/m0/s1. The number of hydrogen-bond acceptors (Lipinski definition) is 3. The number of carbonyl (C=O) groups is 2. The van der Waals surface area contributed by atoms with Crippen molar-refractivity contribution in [3.8, 4) is 0 Å². The molecular weight excluding hydrogens is 272 g/mol. The topological polar surface area (TPSA) is 82.8 Å². The van der Waals surface area contributed by atoms with Gasteiger partial charge in [-0.2, -0.15) is 0 Å². The molecule has 116 valence electrons. The van der Waals surface area contributed by atoms with Crippen LogP contribution >= 0.6 is 0 Å². The molecule has 2 amide bonds. The zero-order valence-corrected chi connectivity index (χ0v) is 12.4. The predicted molar refractivity (Wildman–Crippen MR) is 76.7 cm³/mol. The van der Waals surface area contributed by atoms with Crippen LogP contribution < -0.4 is 5.32 Å². The predicted octanol–water partition coefficient (Wildman–Crippen LogP) is 2.45. The van der Waals surface area contributed by atoms with E-state index >= 15 is 0 Å². The fourth-order valence-corrected chi connectivity index (χ4v) is 2.25. The highest BCUT2D eigenvalue weighted by Gasteiger charge is 2.34. The lowest BCUT2D eigenvalue weighted by molar-refractivity contribution is -0.139. The first-order chi connectivity index (χ1) is 9.97. The van der Waals surface area contributed by atoms with Gasteiger partial charge in [0.05, 0.1) is 12.8 Å². The number of aliphatic carboxylic acids is 1. The van der Waals surface area contributed by atoms with Gasteiger partial charge < -0.3 is 19.7 Å². The number of carboxylic acid groups (broad SMARTS) is 1.